The molecule has 1 aromatic carbocycles. The third kappa shape index (κ3) is 2.57. The van der Waals surface area contributed by atoms with Gasteiger partial charge in [-0.2, -0.15) is 0 Å². The smallest absolute Gasteiger partial charge is 0.257 e. The summed E-state index contributed by atoms with van der Waals surface area (Å²) in [6.45, 7) is 0.679. The molecule has 0 unspecified atom stereocenters. The molecule has 0 radical (unpaired) electrons. The van der Waals surface area contributed by atoms with Gasteiger partial charge in [-0.25, -0.2) is 4.98 Å². The molecule has 0 atom stereocenters. The summed E-state index contributed by atoms with van der Waals surface area (Å²) in [5.74, 6) is 0.547. The number of carbonyl (C=O) groups is 1. The summed E-state index contributed by atoms with van der Waals surface area (Å²) in [6.07, 6.45) is 2.20. The van der Waals surface area contributed by atoms with Crippen molar-refractivity contribution >= 4 is 34.8 Å². The molecule has 20 heavy (non-hydrogen) atoms. The van der Waals surface area contributed by atoms with Crippen LogP contribution in [-0.2, 0) is 6.42 Å². The summed E-state index contributed by atoms with van der Waals surface area (Å²) >= 11 is 11.7. The number of hydrogen-bond donors (Lipinski definition) is 1. The quantitative estimate of drug-likeness (QED) is 0.863. The molecule has 1 N–H and O–H groups in total. The number of carbonyl (C=O) groups excluding carboxylic acids is 1. The Morgan fingerprint density at radius 2 is 2.15 bits per heavy atom. The molecule has 0 saturated heterocycles. The van der Waals surface area contributed by atoms with E-state index in [1.807, 2.05) is 12.1 Å². The lowest BCUT2D eigenvalue weighted by Gasteiger charge is -2.08. The summed E-state index contributed by atoms with van der Waals surface area (Å²) in [7, 11) is 0. The third-order valence-electron chi connectivity index (χ3n) is 3.01. The summed E-state index contributed by atoms with van der Waals surface area (Å²) in [4.78, 5) is 16.0. The highest BCUT2D eigenvalue weighted by molar-refractivity contribution is 6.35. The number of hydrogen-bond acceptors (Lipinski definition) is 3. The molecule has 1 aromatic heterocycles. The van der Waals surface area contributed by atoms with E-state index in [-0.39, 0.29) is 16.1 Å². The third-order valence-corrected chi connectivity index (χ3v) is 3.52. The molecule has 2 aromatic rings. The number of rotatable bonds is 2. The van der Waals surface area contributed by atoms with E-state index in [2.05, 4.69) is 10.3 Å². The Labute approximate surface area is 125 Å². The zero-order chi connectivity index (χ0) is 14.1. The molecule has 0 aliphatic carbocycles. The first-order valence-corrected chi connectivity index (χ1v) is 6.77. The van der Waals surface area contributed by atoms with Gasteiger partial charge in [0.2, 0.25) is 0 Å². The lowest BCUT2D eigenvalue weighted by atomic mass is 10.1. The first-order chi connectivity index (χ1) is 9.63. The van der Waals surface area contributed by atoms with Gasteiger partial charge in [0.25, 0.3) is 5.91 Å². The van der Waals surface area contributed by atoms with Crippen LogP contribution in [0.2, 0.25) is 10.2 Å². The van der Waals surface area contributed by atoms with Crippen LogP contribution in [0.15, 0.2) is 30.5 Å². The number of aromatic nitrogens is 1. The molecule has 6 heteroatoms. The number of fused-ring (bicyclic) bond motifs is 1. The maximum Gasteiger partial charge on any atom is 0.257 e. The molecule has 0 saturated carbocycles. The van der Waals surface area contributed by atoms with Gasteiger partial charge in [-0.3, -0.25) is 4.79 Å². The number of amides is 1. The lowest BCUT2D eigenvalue weighted by molar-refractivity contribution is 0.102. The first-order valence-electron chi connectivity index (χ1n) is 6.01. The van der Waals surface area contributed by atoms with Gasteiger partial charge in [0.1, 0.15) is 10.9 Å². The van der Waals surface area contributed by atoms with Crippen LogP contribution in [0.1, 0.15) is 15.9 Å². The Morgan fingerprint density at radius 1 is 1.30 bits per heavy atom. The molecule has 4 nitrogen and oxygen atoms in total. The van der Waals surface area contributed by atoms with E-state index >= 15 is 0 Å². The lowest BCUT2D eigenvalue weighted by Crippen LogP contribution is -2.12. The van der Waals surface area contributed by atoms with E-state index in [0.29, 0.717) is 17.9 Å². The first kappa shape index (κ1) is 13.2. The van der Waals surface area contributed by atoms with E-state index < -0.39 is 0 Å². The van der Waals surface area contributed by atoms with E-state index in [0.717, 1.165) is 17.7 Å². The van der Waals surface area contributed by atoms with Gasteiger partial charge in [-0.1, -0.05) is 23.2 Å². The Kier molecular flexibility index (Phi) is 3.51. The highest BCUT2D eigenvalue weighted by atomic mass is 35.5. The molecular formula is C14H10Cl2N2O2. The normalized spacial score (nSPS) is 12.7. The Bertz CT molecular complexity index is 689. The van der Waals surface area contributed by atoms with Crippen LogP contribution in [-0.4, -0.2) is 17.5 Å². The fourth-order valence-corrected chi connectivity index (χ4v) is 2.40. The van der Waals surface area contributed by atoms with Crippen molar-refractivity contribution in [3.05, 3.63) is 51.8 Å². The maximum absolute atomic E-state index is 12.2. The van der Waals surface area contributed by atoms with Gasteiger partial charge in [0, 0.05) is 18.3 Å². The number of nitrogens with zero attached hydrogens (tertiary/aromatic N) is 1. The average Bonchev–Trinajstić information content (AvgIpc) is 2.89. The highest BCUT2D eigenvalue weighted by Gasteiger charge is 2.15. The minimum atomic E-state index is -0.321. The van der Waals surface area contributed by atoms with E-state index in [4.69, 9.17) is 27.9 Å². The van der Waals surface area contributed by atoms with Crippen molar-refractivity contribution in [3.63, 3.8) is 0 Å². The number of pyridine rings is 1. The highest BCUT2D eigenvalue weighted by Crippen LogP contribution is 2.28. The van der Waals surface area contributed by atoms with Crippen LogP contribution in [0.5, 0.6) is 5.75 Å². The number of benzene rings is 1. The number of halogens is 2. The largest absolute Gasteiger partial charge is 0.493 e. The Morgan fingerprint density at radius 3 is 3.00 bits per heavy atom. The molecule has 102 valence electrons. The van der Waals surface area contributed by atoms with Crippen LogP contribution < -0.4 is 10.1 Å². The van der Waals surface area contributed by atoms with Gasteiger partial charge in [-0.05, 0) is 29.8 Å². The predicted octanol–water partition coefficient (Wildman–Crippen LogP) is 3.58. The van der Waals surface area contributed by atoms with E-state index in [9.17, 15) is 4.79 Å². The second kappa shape index (κ2) is 5.31. The van der Waals surface area contributed by atoms with Crippen LogP contribution in [0, 0.1) is 0 Å². The Balaban J connectivity index is 1.84. The second-order valence-corrected chi connectivity index (χ2v) is 5.16. The summed E-state index contributed by atoms with van der Waals surface area (Å²) in [6, 6.07) is 6.98. The molecular weight excluding hydrogens is 299 g/mol. The zero-order valence-corrected chi connectivity index (χ0v) is 11.8. The van der Waals surface area contributed by atoms with Crippen molar-refractivity contribution in [1.82, 2.24) is 4.98 Å². The van der Waals surface area contributed by atoms with Crippen LogP contribution in [0.4, 0.5) is 5.69 Å². The monoisotopic (exact) mass is 308 g/mol. The molecule has 0 spiro atoms. The number of ether oxygens (including phenoxy) is 1. The average molecular weight is 309 g/mol. The molecule has 1 aliphatic rings. The fraction of sp³-hybridized carbons (Fsp3) is 0.143. The van der Waals surface area contributed by atoms with Crippen molar-refractivity contribution < 1.29 is 9.53 Å². The van der Waals surface area contributed by atoms with E-state index in [1.54, 1.807) is 6.07 Å². The molecule has 3 rings (SSSR count). The molecule has 0 bridgehead atoms. The molecule has 0 fully saturated rings. The standard InChI is InChI=1S/C14H10Cl2N2O2/c15-11-7-17-13(16)6-10(11)14(19)18-9-1-2-12-8(5-9)3-4-20-12/h1-2,5-7H,3-4H2,(H,18,19). The van der Waals surface area contributed by atoms with Crippen molar-refractivity contribution in [2.45, 2.75) is 6.42 Å². The minimum Gasteiger partial charge on any atom is -0.493 e. The second-order valence-electron chi connectivity index (χ2n) is 4.36. The maximum atomic E-state index is 12.2. The number of anilines is 1. The van der Waals surface area contributed by atoms with Gasteiger partial charge < -0.3 is 10.1 Å². The van der Waals surface area contributed by atoms with Gasteiger partial charge in [-0.15, -0.1) is 0 Å². The SMILES string of the molecule is O=C(Nc1ccc2c(c1)CCO2)c1cc(Cl)ncc1Cl. The van der Waals surface area contributed by atoms with E-state index in [1.165, 1.54) is 12.3 Å². The van der Waals surface area contributed by atoms with Crippen molar-refractivity contribution in [2.24, 2.45) is 0 Å². The predicted molar refractivity (Wildman–Crippen MR) is 77.9 cm³/mol. The topological polar surface area (TPSA) is 51.2 Å². The molecule has 2 heterocycles. The Hall–Kier alpha value is -1.78. The van der Waals surface area contributed by atoms with Gasteiger partial charge in [0.15, 0.2) is 0 Å². The van der Waals surface area contributed by atoms with Crippen molar-refractivity contribution in [1.29, 1.82) is 0 Å². The summed E-state index contributed by atoms with van der Waals surface area (Å²) in [5, 5.41) is 3.28. The van der Waals surface area contributed by atoms with Crippen LogP contribution in [0.3, 0.4) is 0 Å². The zero-order valence-electron chi connectivity index (χ0n) is 10.3. The van der Waals surface area contributed by atoms with Crippen LogP contribution in [0.25, 0.3) is 0 Å². The molecule has 1 aliphatic heterocycles. The summed E-state index contributed by atoms with van der Waals surface area (Å²) < 4.78 is 5.42. The molecule has 1 amide bonds. The van der Waals surface area contributed by atoms with Gasteiger partial charge >= 0.3 is 0 Å². The van der Waals surface area contributed by atoms with Crippen molar-refractivity contribution in [2.75, 3.05) is 11.9 Å². The van der Waals surface area contributed by atoms with Crippen molar-refractivity contribution in [3.8, 4) is 5.75 Å². The minimum absolute atomic E-state index is 0.224. The fourth-order valence-electron chi connectivity index (χ4n) is 2.05. The van der Waals surface area contributed by atoms with Crippen LogP contribution >= 0.6 is 23.2 Å². The van der Waals surface area contributed by atoms with Gasteiger partial charge in [0.05, 0.1) is 17.2 Å². The summed E-state index contributed by atoms with van der Waals surface area (Å²) in [5.41, 5.74) is 2.08. The number of nitrogens with one attached hydrogen (secondary N) is 1.